The third-order valence-corrected chi connectivity index (χ3v) is 5.02. The number of amides is 1. The number of hydrogen-bond acceptors (Lipinski definition) is 4. The monoisotopic (exact) mass is 341 g/mol. The zero-order valence-corrected chi connectivity index (χ0v) is 14.9. The Morgan fingerprint density at radius 1 is 1.22 bits per heavy atom. The molecule has 1 aromatic carbocycles. The van der Waals surface area contributed by atoms with Crippen LogP contribution in [0.3, 0.4) is 0 Å². The van der Waals surface area contributed by atoms with Gasteiger partial charge in [0.05, 0.1) is 10.3 Å². The van der Waals surface area contributed by atoms with Crippen LogP contribution in [0.15, 0.2) is 17.0 Å². The molecule has 0 radical (unpaired) electrons. The first kappa shape index (κ1) is 19.2. The Labute approximate surface area is 136 Å². The fourth-order valence-electron chi connectivity index (χ4n) is 1.97. The van der Waals surface area contributed by atoms with Gasteiger partial charge in [-0.1, -0.05) is 0 Å². The lowest BCUT2D eigenvalue weighted by molar-refractivity contribution is -0.147. The summed E-state index contributed by atoms with van der Waals surface area (Å²) in [6, 6.07) is 2.89. The lowest BCUT2D eigenvalue weighted by Gasteiger charge is -2.19. The Kier molecular flexibility index (Phi) is 5.58. The van der Waals surface area contributed by atoms with Gasteiger partial charge in [-0.3, -0.25) is 9.59 Å². The van der Waals surface area contributed by atoms with Crippen LogP contribution < -0.4 is 5.32 Å². The van der Waals surface area contributed by atoms with E-state index in [1.54, 1.807) is 27.7 Å². The van der Waals surface area contributed by atoms with Gasteiger partial charge in [-0.25, -0.2) is 8.42 Å². The Balaban J connectivity index is 2.97. The summed E-state index contributed by atoms with van der Waals surface area (Å²) < 4.78 is 23.4. The van der Waals surface area contributed by atoms with Gasteiger partial charge in [0.1, 0.15) is 0 Å². The largest absolute Gasteiger partial charge is 0.481 e. The van der Waals surface area contributed by atoms with E-state index in [1.165, 1.54) is 12.1 Å². The van der Waals surface area contributed by atoms with Gasteiger partial charge >= 0.3 is 5.97 Å². The average molecular weight is 341 g/mol. The van der Waals surface area contributed by atoms with E-state index in [0.29, 0.717) is 16.7 Å². The maximum absolute atomic E-state index is 12.3. The number of aliphatic carboxylic acids is 1. The van der Waals surface area contributed by atoms with Gasteiger partial charge in [0.2, 0.25) is 0 Å². The third-order valence-electron chi connectivity index (χ3n) is 3.93. The molecule has 0 aromatic heterocycles. The van der Waals surface area contributed by atoms with Crippen molar-refractivity contribution in [2.24, 2.45) is 5.41 Å². The second-order valence-electron chi connectivity index (χ2n) is 6.38. The lowest BCUT2D eigenvalue weighted by Crippen LogP contribution is -2.32. The highest BCUT2D eigenvalue weighted by Gasteiger charge is 2.26. The first-order valence-electron chi connectivity index (χ1n) is 7.19. The molecule has 128 valence electrons. The van der Waals surface area contributed by atoms with Crippen molar-refractivity contribution in [2.45, 2.75) is 39.0 Å². The molecule has 7 heteroatoms. The normalized spacial score (nSPS) is 12.0. The van der Waals surface area contributed by atoms with Crippen LogP contribution in [-0.4, -0.2) is 38.2 Å². The summed E-state index contributed by atoms with van der Waals surface area (Å²) in [4.78, 5) is 23.4. The fraction of sp³-hybridized carbons (Fsp3) is 0.500. The van der Waals surface area contributed by atoms with E-state index >= 15 is 0 Å². The van der Waals surface area contributed by atoms with Crippen molar-refractivity contribution in [3.8, 4) is 0 Å². The molecule has 6 nitrogen and oxygen atoms in total. The predicted octanol–water partition coefficient (Wildman–Crippen LogP) is 1.94. The molecular weight excluding hydrogens is 318 g/mol. The van der Waals surface area contributed by atoms with E-state index in [0.717, 1.165) is 6.26 Å². The number of hydrogen-bond donors (Lipinski definition) is 2. The summed E-state index contributed by atoms with van der Waals surface area (Å²) >= 11 is 0. The molecule has 0 unspecified atom stereocenters. The van der Waals surface area contributed by atoms with Crippen LogP contribution in [0.5, 0.6) is 0 Å². The average Bonchev–Trinajstić information content (AvgIpc) is 2.39. The molecule has 0 spiro atoms. The van der Waals surface area contributed by atoms with Crippen molar-refractivity contribution >= 4 is 21.7 Å². The Bertz CT molecular complexity index is 735. The van der Waals surface area contributed by atoms with Crippen molar-refractivity contribution in [3.05, 3.63) is 28.8 Å². The summed E-state index contributed by atoms with van der Waals surface area (Å²) in [5.41, 5.74) is 0.766. The van der Waals surface area contributed by atoms with E-state index < -0.39 is 27.1 Å². The number of carboxylic acid groups (broad SMARTS) is 1. The Morgan fingerprint density at radius 3 is 2.26 bits per heavy atom. The molecule has 2 N–H and O–H groups in total. The van der Waals surface area contributed by atoms with Gasteiger partial charge in [0, 0.05) is 18.4 Å². The Hall–Kier alpha value is -1.89. The minimum Gasteiger partial charge on any atom is -0.481 e. The molecule has 0 heterocycles. The molecule has 1 aromatic rings. The zero-order valence-electron chi connectivity index (χ0n) is 14.1. The SMILES string of the molecule is Cc1cc(S(C)(=O)=O)cc(C(=O)NCCC(C)(C)C(=O)O)c1C. The van der Waals surface area contributed by atoms with Crippen LogP contribution in [0.1, 0.15) is 41.8 Å². The molecule has 1 rings (SSSR count). The molecule has 0 aliphatic heterocycles. The van der Waals surface area contributed by atoms with E-state index in [9.17, 15) is 18.0 Å². The van der Waals surface area contributed by atoms with Crippen LogP contribution >= 0.6 is 0 Å². The Morgan fingerprint density at radius 2 is 1.78 bits per heavy atom. The summed E-state index contributed by atoms with van der Waals surface area (Å²) in [6.45, 7) is 6.86. The van der Waals surface area contributed by atoms with Gasteiger partial charge in [0.25, 0.3) is 5.91 Å². The highest BCUT2D eigenvalue weighted by molar-refractivity contribution is 7.90. The van der Waals surface area contributed by atoms with Gasteiger partial charge < -0.3 is 10.4 Å². The van der Waals surface area contributed by atoms with Gasteiger partial charge in [-0.2, -0.15) is 0 Å². The number of carboxylic acids is 1. The van der Waals surface area contributed by atoms with Crippen molar-refractivity contribution in [2.75, 3.05) is 12.8 Å². The molecule has 1 amide bonds. The number of aryl methyl sites for hydroxylation is 1. The first-order valence-corrected chi connectivity index (χ1v) is 9.08. The molecule has 0 fully saturated rings. The second-order valence-corrected chi connectivity index (χ2v) is 8.40. The number of benzene rings is 1. The van der Waals surface area contributed by atoms with Gasteiger partial charge in [-0.05, 0) is 57.4 Å². The van der Waals surface area contributed by atoms with E-state index in [2.05, 4.69) is 5.32 Å². The van der Waals surface area contributed by atoms with Gasteiger partial charge in [0.15, 0.2) is 9.84 Å². The lowest BCUT2D eigenvalue weighted by atomic mass is 9.89. The predicted molar refractivity (Wildman–Crippen MR) is 87.4 cm³/mol. The molecular formula is C16H23NO5S. The van der Waals surface area contributed by atoms with Gasteiger partial charge in [-0.15, -0.1) is 0 Å². The molecule has 23 heavy (non-hydrogen) atoms. The fourth-order valence-corrected chi connectivity index (χ4v) is 2.69. The molecule has 0 saturated carbocycles. The van der Waals surface area contributed by atoms with Crippen LogP contribution in [0.4, 0.5) is 0 Å². The summed E-state index contributed by atoms with van der Waals surface area (Å²) in [5, 5.41) is 11.7. The third kappa shape index (κ3) is 4.79. The minimum atomic E-state index is -3.41. The second kappa shape index (κ2) is 6.70. The number of rotatable bonds is 6. The quantitative estimate of drug-likeness (QED) is 0.823. The van der Waals surface area contributed by atoms with Crippen molar-refractivity contribution < 1.29 is 23.1 Å². The maximum atomic E-state index is 12.3. The topological polar surface area (TPSA) is 101 Å². The molecule has 0 atom stereocenters. The van der Waals surface area contributed by atoms with Crippen LogP contribution in [0.2, 0.25) is 0 Å². The smallest absolute Gasteiger partial charge is 0.309 e. The van der Waals surface area contributed by atoms with E-state index in [1.807, 2.05) is 0 Å². The summed E-state index contributed by atoms with van der Waals surface area (Å²) in [5.74, 6) is -1.34. The molecule has 0 saturated heterocycles. The van der Waals surface area contributed by atoms with Crippen LogP contribution in [0, 0.1) is 19.3 Å². The number of carbonyl (C=O) groups excluding carboxylic acids is 1. The maximum Gasteiger partial charge on any atom is 0.309 e. The van der Waals surface area contributed by atoms with Crippen molar-refractivity contribution in [3.63, 3.8) is 0 Å². The molecule has 0 aliphatic carbocycles. The molecule has 0 bridgehead atoms. The van der Waals surface area contributed by atoms with E-state index in [4.69, 9.17) is 5.11 Å². The van der Waals surface area contributed by atoms with Crippen molar-refractivity contribution in [1.29, 1.82) is 0 Å². The summed E-state index contributed by atoms with van der Waals surface area (Å²) in [7, 11) is -3.41. The first-order chi connectivity index (χ1) is 10.4. The highest BCUT2D eigenvalue weighted by atomic mass is 32.2. The minimum absolute atomic E-state index is 0.0941. The summed E-state index contributed by atoms with van der Waals surface area (Å²) in [6.07, 6.45) is 1.37. The number of nitrogens with one attached hydrogen (secondary N) is 1. The van der Waals surface area contributed by atoms with Crippen LogP contribution in [0.25, 0.3) is 0 Å². The highest BCUT2D eigenvalue weighted by Crippen LogP contribution is 2.21. The number of sulfone groups is 1. The van der Waals surface area contributed by atoms with E-state index in [-0.39, 0.29) is 17.9 Å². The zero-order chi connectivity index (χ0) is 18.0. The van der Waals surface area contributed by atoms with Crippen molar-refractivity contribution in [1.82, 2.24) is 5.32 Å². The standard InChI is InChI=1S/C16H23NO5S/c1-10-8-12(23(5,21)22)9-13(11(10)2)14(18)17-7-6-16(3,4)15(19)20/h8-9H,6-7H2,1-5H3,(H,17,18)(H,19,20). The van der Waals surface area contributed by atoms with Crippen LogP contribution in [-0.2, 0) is 14.6 Å². The molecule has 0 aliphatic rings. The number of carbonyl (C=O) groups is 2.